The van der Waals surface area contributed by atoms with E-state index in [0.717, 1.165) is 27.9 Å². The van der Waals surface area contributed by atoms with E-state index in [4.69, 9.17) is 0 Å². The summed E-state index contributed by atoms with van der Waals surface area (Å²) in [6, 6.07) is 7.73. The fourth-order valence-electron chi connectivity index (χ4n) is 2.28. The fourth-order valence-corrected chi connectivity index (χ4v) is 3.01. The Balaban J connectivity index is 1.60. The maximum absolute atomic E-state index is 12.0. The van der Waals surface area contributed by atoms with E-state index in [1.54, 1.807) is 6.20 Å². The van der Waals surface area contributed by atoms with E-state index >= 15 is 0 Å². The summed E-state index contributed by atoms with van der Waals surface area (Å²) in [7, 11) is 1.91. The minimum absolute atomic E-state index is 0.0506. The highest BCUT2D eigenvalue weighted by molar-refractivity contribution is 7.99. The van der Waals surface area contributed by atoms with Gasteiger partial charge in [-0.15, -0.1) is 0 Å². The van der Waals surface area contributed by atoms with Crippen LogP contribution in [0.5, 0.6) is 0 Å². The third-order valence-electron chi connectivity index (χ3n) is 3.79. The number of nitrogens with zero attached hydrogens (tertiary/aromatic N) is 4. The summed E-state index contributed by atoms with van der Waals surface area (Å²) in [5, 5.41) is 3.73. The third kappa shape index (κ3) is 3.51. The molecule has 1 N–H and O–H groups in total. The first-order valence-electron chi connectivity index (χ1n) is 7.55. The molecule has 0 atom stereocenters. The van der Waals surface area contributed by atoms with Crippen LogP contribution >= 0.6 is 11.8 Å². The Hall–Kier alpha value is -2.54. The first-order chi connectivity index (χ1) is 11.5. The number of aryl methyl sites for hydroxylation is 2. The van der Waals surface area contributed by atoms with Gasteiger partial charge in [0.15, 0.2) is 5.16 Å². The summed E-state index contributed by atoms with van der Waals surface area (Å²) in [6.45, 7) is 4.02. The van der Waals surface area contributed by atoms with Gasteiger partial charge in [0.05, 0.1) is 17.8 Å². The van der Waals surface area contributed by atoms with Crippen LogP contribution in [0.15, 0.2) is 48.1 Å². The number of aromatic nitrogens is 4. The Morgan fingerprint density at radius 1 is 1.21 bits per heavy atom. The highest BCUT2D eigenvalue weighted by Crippen LogP contribution is 2.18. The topological polar surface area (TPSA) is 64.7 Å². The predicted molar refractivity (Wildman–Crippen MR) is 95.6 cm³/mol. The first-order valence-corrected chi connectivity index (χ1v) is 8.54. The Morgan fingerprint density at radius 3 is 2.54 bits per heavy atom. The molecule has 7 heteroatoms. The van der Waals surface area contributed by atoms with Crippen LogP contribution in [0.25, 0.3) is 5.69 Å². The van der Waals surface area contributed by atoms with Crippen molar-refractivity contribution in [3.8, 4) is 5.69 Å². The number of amides is 1. The normalized spacial score (nSPS) is 10.8. The fraction of sp³-hybridized carbons (Fsp3) is 0.235. The number of anilines is 1. The Morgan fingerprint density at radius 2 is 1.96 bits per heavy atom. The number of benzene rings is 1. The second-order valence-electron chi connectivity index (χ2n) is 5.49. The molecule has 0 aliphatic heterocycles. The molecule has 6 nitrogen and oxygen atoms in total. The van der Waals surface area contributed by atoms with Crippen molar-refractivity contribution in [3.63, 3.8) is 0 Å². The minimum atomic E-state index is -0.0506. The van der Waals surface area contributed by atoms with Gasteiger partial charge in [-0.1, -0.05) is 11.8 Å². The smallest absolute Gasteiger partial charge is 0.234 e. The van der Waals surface area contributed by atoms with Crippen molar-refractivity contribution in [2.45, 2.75) is 19.0 Å². The monoisotopic (exact) mass is 341 g/mol. The Kier molecular flexibility index (Phi) is 4.71. The SMILES string of the molecule is Cc1ncn(-c2ccc(NC(=O)CSc3nccn3C)cc2)c1C. The number of nitrogens with one attached hydrogen (secondary N) is 1. The summed E-state index contributed by atoms with van der Waals surface area (Å²) in [6.07, 6.45) is 5.39. The molecule has 24 heavy (non-hydrogen) atoms. The van der Waals surface area contributed by atoms with Crippen LogP contribution in [-0.4, -0.2) is 30.8 Å². The summed E-state index contributed by atoms with van der Waals surface area (Å²) in [5.74, 6) is 0.275. The molecule has 124 valence electrons. The van der Waals surface area contributed by atoms with Crippen LogP contribution in [-0.2, 0) is 11.8 Å². The van der Waals surface area contributed by atoms with Gasteiger partial charge in [-0.05, 0) is 38.1 Å². The molecule has 0 unspecified atom stereocenters. The van der Waals surface area contributed by atoms with Crippen LogP contribution < -0.4 is 5.32 Å². The quantitative estimate of drug-likeness (QED) is 0.725. The third-order valence-corrected chi connectivity index (χ3v) is 4.85. The summed E-state index contributed by atoms with van der Waals surface area (Å²) < 4.78 is 3.92. The lowest BCUT2D eigenvalue weighted by atomic mass is 10.2. The Bertz CT molecular complexity index is 850. The number of imidazole rings is 2. The molecular weight excluding hydrogens is 322 g/mol. The molecular formula is C17H19N5OS. The average Bonchev–Trinajstić information content (AvgIpc) is 3.13. The molecule has 0 fully saturated rings. The molecule has 0 radical (unpaired) electrons. The number of hydrogen-bond acceptors (Lipinski definition) is 4. The van der Waals surface area contributed by atoms with Gasteiger partial charge < -0.3 is 14.5 Å². The molecule has 2 heterocycles. The number of carbonyl (C=O) groups is 1. The number of rotatable bonds is 5. The van der Waals surface area contributed by atoms with E-state index in [1.807, 2.05) is 66.8 Å². The lowest BCUT2D eigenvalue weighted by molar-refractivity contribution is -0.113. The second-order valence-corrected chi connectivity index (χ2v) is 6.43. The molecule has 0 bridgehead atoms. The summed E-state index contributed by atoms with van der Waals surface area (Å²) >= 11 is 1.41. The molecule has 3 aromatic rings. The largest absolute Gasteiger partial charge is 0.329 e. The van der Waals surface area contributed by atoms with Crippen molar-refractivity contribution < 1.29 is 4.79 Å². The molecule has 3 rings (SSSR count). The van der Waals surface area contributed by atoms with Crippen molar-refractivity contribution >= 4 is 23.4 Å². The lowest BCUT2D eigenvalue weighted by Crippen LogP contribution is -2.14. The van der Waals surface area contributed by atoms with Crippen LogP contribution in [0.4, 0.5) is 5.69 Å². The number of thioether (sulfide) groups is 1. The molecule has 2 aromatic heterocycles. The molecule has 0 aliphatic carbocycles. The lowest BCUT2D eigenvalue weighted by Gasteiger charge is -2.08. The maximum Gasteiger partial charge on any atom is 0.234 e. The van der Waals surface area contributed by atoms with E-state index in [0.29, 0.717) is 5.75 Å². The Labute approximate surface area is 144 Å². The van der Waals surface area contributed by atoms with E-state index < -0.39 is 0 Å². The predicted octanol–water partition coefficient (Wildman–Crippen LogP) is 2.95. The average molecular weight is 341 g/mol. The summed E-state index contributed by atoms with van der Waals surface area (Å²) in [4.78, 5) is 20.5. The van der Waals surface area contributed by atoms with E-state index in [9.17, 15) is 4.79 Å². The van der Waals surface area contributed by atoms with Crippen molar-refractivity contribution in [1.29, 1.82) is 0 Å². The van der Waals surface area contributed by atoms with Gasteiger partial charge >= 0.3 is 0 Å². The zero-order valence-corrected chi connectivity index (χ0v) is 14.7. The molecule has 1 amide bonds. The molecule has 1 aromatic carbocycles. The van der Waals surface area contributed by atoms with Gasteiger partial charge in [0, 0.05) is 36.5 Å². The molecule has 0 saturated heterocycles. The van der Waals surface area contributed by atoms with Crippen molar-refractivity contribution in [2.75, 3.05) is 11.1 Å². The zero-order chi connectivity index (χ0) is 17.1. The van der Waals surface area contributed by atoms with E-state index in [2.05, 4.69) is 15.3 Å². The van der Waals surface area contributed by atoms with Gasteiger partial charge in [-0.2, -0.15) is 0 Å². The number of hydrogen-bond donors (Lipinski definition) is 1. The highest BCUT2D eigenvalue weighted by atomic mass is 32.2. The van der Waals surface area contributed by atoms with E-state index in [1.165, 1.54) is 11.8 Å². The van der Waals surface area contributed by atoms with Gasteiger partial charge in [0.1, 0.15) is 0 Å². The van der Waals surface area contributed by atoms with Gasteiger partial charge in [-0.3, -0.25) is 4.79 Å². The van der Waals surface area contributed by atoms with Crippen LogP contribution in [0.3, 0.4) is 0 Å². The first kappa shape index (κ1) is 16.3. The maximum atomic E-state index is 12.0. The van der Waals surface area contributed by atoms with Crippen LogP contribution in [0.1, 0.15) is 11.4 Å². The van der Waals surface area contributed by atoms with Crippen LogP contribution in [0, 0.1) is 13.8 Å². The molecule has 0 saturated carbocycles. The van der Waals surface area contributed by atoms with Crippen molar-refractivity contribution in [1.82, 2.24) is 19.1 Å². The van der Waals surface area contributed by atoms with Gasteiger partial charge in [0.25, 0.3) is 0 Å². The standard InChI is InChI=1S/C17H19N5OS/c1-12-13(2)22(11-19-12)15-6-4-14(5-7-15)20-16(23)10-24-17-18-8-9-21(17)3/h4-9,11H,10H2,1-3H3,(H,20,23). The van der Waals surface area contributed by atoms with E-state index in [-0.39, 0.29) is 5.91 Å². The van der Waals surface area contributed by atoms with Gasteiger partial charge in [-0.25, -0.2) is 9.97 Å². The van der Waals surface area contributed by atoms with Crippen molar-refractivity contribution in [3.05, 3.63) is 54.4 Å². The van der Waals surface area contributed by atoms with Crippen molar-refractivity contribution in [2.24, 2.45) is 7.05 Å². The zero-order valence-electron chi connectivity index (χ0n) is 13.9. The highest BCUT2D eigenvalue weighted by Gasteiger charge is 2.08. The molecule has 0 spiro atoms. The number of carbonyl (C=O) groups excluding carboxylic acids is 1. The van der Waals surface area contributed by atoms with Gasteiger partial charge in [0.2, 0.25) is 5.91 Å². The van der Waals surface area contributed by atoms with Crippen LogP contribution in [0.2, 0.25) is 0 Å². The summed E-state index contributed by atoms with van der Waals surface area (Å²) in [5.41, 5.74) is 3.92. The minimum Gasteiger partial charge on any atom is -0.329 e. The second kappa shape index (κ2) is 6.92. The molecule has 0 aliphatic rings.